The number of hydrogen-bond donors (Lipinski definition) is 3. The number of methoxy groups -OCH3 is 2. The smallest absolute Gasteiger partial charge is 0.407 e. The van der Waals surface area contributed by atoms with Gasteiger partial charge < -0.3 is 34.9 Å². The van der Waals surface area contributed by atoms with E-state index in [4.69, 9.17) is 24.4 Å². The average Bonchev–Trinajstić information content (AvgIpc) is 4.25. The molecule has 4 amide bonds. The molecule has 3 saturated carbocycles. The van der Waals surface area contributed by atoms with Crippen LogP contribution in [0.3, 0.4) is 0 Å². The highest BCUT2D eigenvalue weighted by atomic mass is 16.5. The number of carbonyl (C=O) groups excluding carboxylic acids is 4. The highest BCUT2D eigenvalue weighted by molar-refractivity contribution is 6.15. The van der Waals surface area contributed by atoms with Crippen molar-refractivity contribution in [2.24, 2.45) is 21.8 Å². The van der Waals surface area contributed by atoms with Crippen molar-refractivity contribution < 1.29 is 28.7 Å². The molecule has 3 N–H and O–H groups in total. The third kappa shape index (κ3) is 8.89. The highest BCUT2D eigenvalue weighted by Crippen LogP contribution is 2.54. The van der Waals surface area contributed by atoms with Gasteiger partial charge in [-0.15, -0.1) is 0 Å². The third-order valence-electron chi connectivity index (χ3n) is 16.7. The molecular weight excluding hydrogens is 845 g/mol. The van der Waals surface area contributed by atoms with Crippen LogP contribution in [0.1, 0.15) is 151 Å². The number of alkyl carbamates (subject to hydrolysis) is 2. The normalized spacial score (nSPS) is 23.7. The van der Waals surface area contributed by atoms with E-state index in [1.807, 2.05) is 16.0 Å². The standard InChI is InChI=1S/C53H68N8O6/c1-66-51(64)58-45(35-13-5-3-6-14-35)49(62)60-29-11-17-42(60)47-54-31-40(56-47)34-21-19-33(20-22-34)37-23-24-38(39-25-28-53(44(37)39)26-9-10-27-53)41-32-55-48(57-41)43-18-12-30-61(43)50(63)46(59-52(65)67-2)36-15-7-4-8-16-36/h19-24,31,35-36,42-43,45-46H,3-18,25-30,32H2,1-2H3,(H,54,56)(H,58,64)(H,59,65)/t42-,43?,45-,46-/m0/s1. The number of carbonyl (C=O) groups is 4. The molecule has 4 atom stereocenters. The number of amidine groups is 1. The van der Waals surface area contributed by atoms with Gasteiger partial charge in [-0.1, -0.05) is 87.8 Å². The van der Waals surface area contributed by atoms with Crippen LogP contribution in [0.2, 0.25) is 0 Å². The number of imidazole rings is 1. The van der Waals surface area contributed by atoms with Crippen LogP contribution in [-0.2, 0) is 30.9 Å². The number of nitrogens with one attached hydrogen (secondary N) is 3. The first-order chi connectivity index (χ1) is 32.7. The summed E-state index contributed by atoms with van der Waals surface area (Å²) in [4.78, 5) is 75.9. The Balaban J connectivity index is 0.877. The summed E-state index contributed by atoms with van der Waals surface area (Å²) in [5, 5.41) is 5.82. The molecule has 4 aliphatic carbocycles. The summed E-state index contributed by atoms with van der Waals surface area (Å²) in [6.07, 6.45) is 21.4. The lowest BCUT2D eigenvalue weighted by molar-refractivity contribution is -0.136. The van der Waals surface area contributed by atoms with E-state index >= 15 is 0 Å². The van der Waals surface area contributed by atoms with Crippen LogP contribution in [0, 0.1) is 11.8 Å². The predicted molar refractivity (Wildman–Crippen MR) is 257 cm³/mol. The Kier molecular flexibility index (Phi) is 13.2. The van der Waals surface area contributed by atoms with E-state index in [-0.39, 0.29) is 41.1 Å². The largest absolute Gasteiger partial charge is 0.453 e. The van der Waals surface area contributed by atoms with Crippen LogP contribution in [0.25, 0.3) is 22.4 Å². The van der Waals surface area contributed by atoms with Gasteiger partial charge in [-0.05, 0) is 122 Å². The number of hydrogen-bond acceptors (Lipinski definition) is 9. The molecular formula is C53H68N8O6. The fourth-order valence-electron chi connectivity index (χ4n) is 13.3. The van der Waals surface area contributed by atoms with Gasteiger partial charge in [0.25, 0.3) is 0 Å². The van der Waals surface area contributed by atoms with Gasteiger partial charge in [0.05, 0.1) is 50.5 Å². The van der Waals surface area contributed by atoms with Gasteiger partial charge in [-0.3, -0.25) is 14.6 Å². The number of aromatic nitrogens is 2. The number of benzene rings is 2. The van der Waals surface area contributed by atoms with E-state index < -0.39 is 24.3 Å². The average molecular weight is 913 g/mol. The van der Waals surface area contributed by atoms with Crippen molar-refractivity contribution in [2.75, 3.05) is 33.9 Å². The van der Waals surface area contributed by atoms with Crippen LogP contribution in [0.4, 0.5) is 9.59 Å². The van der Waals surface area contributed by atoms with Gasteiger partial charge in [-0.2, -0.15) is 0 Å². The van der Waals surface area contributed by atoms with E-state index in [0.717, 1.165) is 131 Å². The number of aromatic amines is 1. The topological polar surface area (TPSA) is 171 Å². The molecule has 14 nitrogen and oxygen atoms in total. The van der Waals surface area contributed by atoms with Crippen molar-refractivity contribution in [1.82, 2.24) is 30.4 Å². The second kappa shape index (κ2) is 19.6. The Bertz CT molecular complexity index is 2390. The number of amides is 4. The fourth-order valence-corrected chi connectivity index (χ4v) is 13.3. The minimum atomic E-state index is -0.605. The van der Waals surface area contributed by atoms with Crippen LogP contribution >= 0.6 is 0 Å². The maximum atomic E-state index is 14.3. The molecule has 356 valence electrons. The number of likely N-dealkylation sites (tertiary alicyclic amines) is 2. The number of rotatable bonds is 11. The number of aliphatic imine (C=N–C) groups is 2. The molecule has 0 radical (unpaired) electrons. The van der Waals surface area contributed by atoms with Crippen LogP contribution < -0.4 is 10.6 Å². The number of H-pyrrole nitrogens is 1. The van der Waals surface area contributed by atoms with Gasteiger partial charge in [0.1, 0.15) is 23.7 Å². The zero-order valence-corrected chi connectivity index (χ0v) is 39.5. The molecule has 1 unspecified atom stereocenters. The van der Waals surface area contributed by atoms with Crippen molar-refractivity contribution in [1.29, 1.82) is 0 Å². The zero-order valence-electron chi connectivity index (χ0n) is 39.5. The first-order valence-electron chi connectivity index (χ1n) is 25.5. The molecule has 14 heteroatoms. The number of ether oxygens (including phenoxy) is 2. The highest BCUT2D eigenvalue weighted by Gasteiger charge is 2.46. The molecule has 1 spiro atoms. The summed E-state index contributed by atoms with van der Waals surface area (Å²) in [5.41, 5.74) is 9.65. The number of fused-ring (bicyclic) bond motifs is 2. The van der Waals surface area contributed by atoms with Crippen molar-refractivity contribution in [3.63, 3.8) is 0 Å². The summed E-state index contributed by atoms with van der Waals surface area (Å²) < 4.78 is 9.92. The molecule has 0 bridgehead atoms. The van der Waals surface area contributed by atoms with Crippen LogP contribution in [-0.4, -0.2) is 107 Å². The first kappa shape index (κ1) is 45.3. The maximum absolute atomic E-state index is 14.3. The summed E-state index contributed by atoms with van der Waals surface area (Å²) in [6, 6.07) is 11.8. The Hall–Kier alpha value is -5.53. The van der Waals surface area contributed by atoms with E-state index in [9.17, 15) is 19.2 Å². The molecule has 10 rings (SSSR count). The Labute approximate surface area is 394 Å². The number of nitrogens with zero attached hydrogens (tertiary/aromatic N) is 5. The fraction of sp³-hybridized carbons (Fsp3) is 0.604. The molecule has 3 aliphatic heterocycles. The minimum absolute atomic E-state index is 0.0416. The second-order valence-corrected chi connectivity index (χ2v) is 20.4. The van der Waals surface area contributed by atoms with E-state index in [1.165, 1.54) is 67.7 Å². The molecule has 5 fully saturated rings. The predicted octanol–water partition coefficient (Wildman–Crippen LogP) is 8.97. The quantitative estimate of drug-likeness (QED) is 0.172. The summed E-state index contributed by atoms with van der Waals surface area (Å²) in [5.74, 6) is 1.62. The van der Waals surface area contributed by atoms with E-state index in [2.05, 4.69) is 52.0 Å². The maximum Gasteiger partial charge on any atom is 0.407 e. The molecule has 67 heavy (non-hydrogen) atoms. The second-order valence-electron chi connectivity index (χ2n) is 20.4. The Morgan fingerprint density at radius 2 is 1.24 bits per heavy atom. The van der Waals surface area contributed by atoms with Crippen molar-refractivity contribution in [2.45, 2.75) is 158 Å². The third-order valence-corrected chi connectivity index (χ3v) is 16.7. The summed E-state index contributed by atoms with van der Waals surface area (Å²) in [6.45, 7) is 1.76. The van der Waals surface area contributed by atoms with Crippen molar-refractivity contribution >= 4 is 35.5 Å². The Morgan fingerprint density at radius 1 is 0.672 bits per heavy atom. The van der Waals surface area contributed by atoms with E-state index in [0.29, 0.717) is 19.6 Å². The molecule has 7 aliphatic rings. The van der Waals surface area contributed by atoms with Crippen LogP contribution in [0.15, 0.2) is 52.6 Å². The van der Waals surface area contributed by atoms with E-state index in [1.54, 1.807) is 0 Å². The van der Waals surface area contributed by atoms with Gasteiger partial charge in [0.2, 0.25) is 11.8 Å². The monoisotopic (exact) mass is 913 g/mol. The molecule has 2 aromatic carbocycles. The minimum Gasteiger partial charge on any atom is -0.453 e. The summed E-state index contributed by atoms with van der Waals surface area (Å²) >= 11 is 0. The molecule has 4 heterocycles. The molecule has 1 aromatic heterocycles. The molecule has 2 saturated heterocycles. The van der Waals surface area contributed by atoms with Crippen molar-refractivity contribution in [3.8, 4) is 22.4 Å². The van der Waals surface area contributed by atoms with Gasteiger partial charge >= 0.3 is 12.2 Å². The van der Waals surface area contributed by atoms with Crippen LogP contribution in [0.5, 0.6) is 0 Å². The lowest BCUT2D eigenvalue weighted by Crippen LogP contribution is -2.54. The van der Waals surface area contributed by atoms with Gasteiger partial charge in [0, 0.05) is 18.7 Å². The van der Waals surface area contributed by atoms with Gasteiger partial charge in [-0.25, -0.2) is 19.6 Å². The summed E-state index contributed by atoms with van der Waals surface area (Å²) in [7, 11) is 2.70. The van der Waals surface area contributed by atoms with Crippen molar-refractivity contribution in [3.05, 3.63) is 65.1 Å². The SMILES string of the molecule is COC(=O)N[C@H](C(=O)N1CCCC1C1=NCC(c2ccc(-c3ccc(-c4cnc([C@@H]5CCCN5C(=O)[C@@H](NC(=O)OC)C5CCCCC5)[nH]4)cc3)c3c2CCC32CCCC2)=N1)C1CCCCC1. The lowest BCUT2D eigenvalue weighted by Gasteiger charge is -2.34. The lowest BCUT2D eigenvalue weighted by atomic mass is 9.76. The first-order valence-corrected chi connectivity index (χ1v) is 25.5. The zero-order chi connectivity index (χ0) is 46.1. The van der Waals surface area contributed by atoms with Gasteiger partial charge in [0.15, 0.2) is 0 Å². The Morgan fingerprint density at radius 3 is 1.85 bits per heavy atom. The molecule has 3 aromatic rings.